The number of nitrogens with two attached hydrogens (primary N) is 2. The van der Waals surface area contributed by atoms with E-state index in [2.05, 4.69) is 15.3 Å². The summed E-state index contributed by atoms with van der Waals surface area (Å²) < 4.78 is 38.6. The maximum Gasteiger partial charge on any atom is 0.189 e. The van der Waals surface area contributed by atoms with Gasteiger partial charge in [-0.15, -0.1) is 0 Å². The maximum absolute atomic E-state index is 13.3. The Morgan fingerprint density at radius 1 is 1.07 bits per heavy atom. The molecule has 0 aliphatic heterocycles. The molecule has 1 saturated carbocycles. The number of aromatic nitrogens is 2. The van der Waals surface area contributed by atoms with Crippen LogP contribution in [0.25, 0.3) is 11.4 Å². The van der Waals surface area contributed by atoms with Crippen LogP contribution in [0.3, 0.4) is 0 Å². The van der Waals surface area contributed by atoms with Crippen molar-refractivity contribution in [2.45, 2.75) is 22.5 Å². The lowest BCUT2D eigenvalue weighted by atomic mass is 10.1. The lowest BCUT2D eigenvalue weighted by molar-refractivity contribution is 0.577. The van der Waals surface area contributed by atoms with Crippen LogP contribution in [0.4, 0.5) is 15.9 Å². The molecule has 0 radical (unpaired) electrons. The van der Waals surface area contributed by atoms with Crippen LogP contribution in [0, 0.1) is 5.82 Å². The van der Waals surface area contributed by atoms with E-state index >= 15 is 0 Å². The summed E-state index contributed by atoms with van der Waals surface area (Å²) in [7, 11) is -3.78. The number of sulfone groups is 1. The Balaban J connectivity index is 1.73. The average molecular weight is 444 g/mol. The highest BCUT2D eigenvalue weighted by molar-refractivity contribution is 7.92. The largest absolute Gasteiger partial charge is 0.384 e. The molecule has 3 aromatic rings. The topological polar surface area (TPSA) is 124 Å². The zero-order valence-corrected chi connectivity index (χ0v) is 17.3. The van der Waals surface area contributed by atoms with Gasteiger partial charge in [-0.25, -0.2) is 22.8 Å². The Morgan fingerprint density at radius 2 is 1.70 bits per heavy atom. The molecule has 0 amide bonds. The van der Waals surface area contributed by atoms with Crippen molar-refractivity contribution < 1.29 is 12.8 Å². The summed E-state index contributed by atoms with van der Waals surface area (Å²) in [6.07, 6.45) is 0.804. The van der Waals surface area contributed by atoms with Crippen molar-refractivity contribution in [3.63, 3.8) is 0 Å². The highest BCUT2D eigenvalue weighted by Crippen LogP contribution is 2.54. The second-order valence-corrected chi connectivity index (χ2v) is 9.72. The van der Waals surface area contributed by atoms with Crippen molar-refractivity contribution in [2.24, 2.45) is 5.73 Å². The normalized spacial score (nSPS) is 14.8. The van der Waals surface area contributed by atoms with E-state index in [9.17, 15) is 12.8 Å². The highest BCUT2D eigenvalue weighted by Gasteiger charge is 2.57. The van der Waals surface area contributed by atoms with E-state index in [-0.39, 0.29) is 15.8 Å². The number of nitrogens with zero attached hydrogens (tertiary/aromatic N) is 2. The van der Waals surface area contributed by atoms with Crippen LogP contribution in [0.5, 0.6) is 0 Å². The second kappa shape index (κ2) is 7.29. The van der Waals surface area contributed by atoms with Gasteiger partial charge >= 0.3 is 0 Å². The molecule has 10 heteroatoms. The van der Waals surface area contributed by atoms with E-state index in [0.717, 1.165) is 12.1 Å². The number of benzene rings is 2. The van der Waals surface area contributed by atoms with Gasteiger partial charge in [0.2, 0.25) is 0 Å². The molecule has 1 aromatic heterocycles. The Bertz CT molecular complexity index is 1230. The van der Waals surface area contributed by atoms with Crippen LogP contribution in [0.15, 0.2) is 59.5 Å². The van der Waals surface area contributed by atoms with Crippen molar-refractivity contribution in [3.8, 4) is 11.4 Å². The van der Waals surface area contributed by atoms with Gasteiger partial charge in [0.15, 0.2) is 20.8 Å². The summed E-state index contributed by atoms with van der Waals surface area (Å²) in [6, 6.07) is 13.3. The highest BCUT2D eigenvalue weighted by atomic mass is 32.2. The summed E-state index contributed by atoms with van der Waals surface area (Å²) >= 11 is 4.82. The summed E-state index contributed by atoms with van der Waals surface area (Å²) in [5.41, 5.74) is 13.1. The third-order valence-electron chi connectivity index (χ3n) is 4.97. The number of thiocarbonyl (C=S) groups is 1. The molecule has 1 heterocycles. The van der Waals surface area contributed by atoms with Gasteiger partial charge in [-0.3, -0.25) is 0 Å². The number of halogens is 1. The van der Waals surface area contributed by atoms with E-state index in [1.54, 1.807) is 24.3 Å². The summed E-state index contributed by atoms with van der Waals surface area (Å²) in [4.78, 5) is 8.83. The molecule has 4 rings (SSSR count). The molecule has 1 aliphatic carbocycles. The zero-order valence-electron chi connectivity index (χ0n) is 15.7. The smallest absolute Gasteiger partial charge is 0.189 e. The fraction of sp³-hybridized carbons (Fsp3) is 0.150. The van der Waals surface area contributed by atoms with Crippen molar-refractivity contribution in [2.75, 3.05) is 11.1 Å². The molecule has 0 atom stereocenters. The summed E-state index contributed by atoms with van der Waals surface area (Å²) in [6.45, 7) is 0. The predicted molar refractivity (Wildman–Crippen MR) is 117 cm³/mol. The molecule has 0 spiro atoms. The first-order chi connectivity index (χ1) is 14.2. The number of nitrogen functional groups attached to an aromatic ring is 1. The Kier molecular flexibility index (Phi) is 4.91. The lowest BCUT2D eigenvalue weighted by Gasteiger charge is -2.17. The number of rotatable bonds is 5. The molecule has 0 saturated heterocycles. The number of hydrogen-bond acceptors (Lipinski definition) is 6. The Morgan fingerprint density at radius 3 is 2.27 bits per heavy atom. The number of anilines is 2. The van der Waals surface area contributed by atoms with Crippen LogP contribution in [0.2, 0.25) is 0 Å². The van der Waals surface area contributed by atoms with Crippen LogP contribution in [-0.4, -0.2) is 23.5 Å². The molecule has 0 unspecified atom stereocenters. The minimum atomic E-state index is -3.78. The predicted octanol–water partition coefficient (Wildman–Crippen LogP) is 2.98. The standard InChI is InChI=1S/C20H18FN5O2S2/c21-13-3-7-15(8-4-13)30(27,28)20(9-10-20)16-11-17(22)26-18(25-16)12-1-5-14(6-2-12)24-19(23)29/h1-8,11H,9-10H2,(H2,22,25,26)(H3,23,24,29). The first kappa shape index (κ1) is 20.2. The van der Waals surface area contributed by atoms with E-state index < -0.39 is 20.4 Å². The Hall–Kier alpha value is -3.11. The van der Waals surface area contributed by atoms with Gasteiger partial charge in [0, 0.05) is 17.3 Å². The van der Waals surface area contributed by atoms with Crippen LogP contribution in [-0.2, 0) is 14.6 Å². The minimum Gasteiger partial charge on any atom is -0.384 e. The van der Waals surface area contributed by atoms with Gasteiger partial charge in [-0.05, 0) is 73.6 Å². The summed E-state index contributed by atoms with van der Waals surface area (Å²) in [5.74, 6) is -0.0194. The minimum absolute atomic E-state index is 0.0494. The lowest BCUT2D eigenvalue weighted by Crippen LogP contribution is -2.23. The average Bonchev–Trinajstić information content (AvgIpc) is 3.51. The fourth-order valence-electron chi connectivity index (χ4n) is 3.29. The first-order valence-corrected chi connectivity index (χ1v) is 10.9. The van der Waals surface area contributed by atoms with Gasteiger partial charge < -0.3 is 16.8 Å². The molecule has 7 nitrogen and oxygen atoms in total. The molecule has 1 fully saturated rings. The van der Waals surface area contributed by atoms with E-state index in [1.807, 2.05) is 0 Å². The molecule has 30 heavy (non-hydrogen) atoms. The summed E-state index contributed by atoms with van der Waals surface area (Å²) in [5, 5.41) is 2.97. The fourth-order valence-corrected chi connectivity index (χ4v) is 5.37. The Labute approximate surface area is 178 Å². The van der Waals surface area contributed by atoms with E-state index in [0.29, 0.717) is 35.6 Å². The quantitative estimate of drug-likeness (QED) is 0.406. The van der Waals surface area contributed by atoms with Crippen LogP contribution < -0.4 is 16.8 Å². The van der Waals surface area contributed by atoms with Gasteiger partial charge in [0.1, 0.15) is 16.4 Å². The first-order valence-electron chi connectivity index (χ1n) is 9.03. The zero-order chi connectivity index (χ0) is 21.5. The van der Waals surface area contributed by atoms with Gasteiger partial charge in [-0.2, -0.15) is 0 Å². The van der Waals surface area contributed by atoms with Gasteiger partial charge in [-0.1, -0.05) is 0 Å². The molecule has 2 aromatic carbocycles. The van der Waals surface area contributed by atoms with Gasteiger partial charge in [0.25, 0.3) is 0 Å². The van der Waals surface area contributed by atoms with Crippen molar-refractivity contribution >= 4 is 38.7 Å². The van der Waals surface area contributed by atoms with E-state index in [1.165, 1.54) is 18.2 Å². The van der Waals surface area contributed by atoms with Crippen molar-refractivity contribution in [1.82, 2.24) is 9.97 Å². The monoisotopic (exact) mass is 443 g/mol. The number of hydrogen-bond donors (Lipinski definition) is 3. The van der Waals surface area contributed by atoms with Gasteiger partial charge in [0.05, 0.1) is 10.6 Å². The second-order valence-electron chi connectivity index (χ2n) is 7.02. The van der Waals surface area contributed by atoms with Crippen molar-refractivity contribution in [1.29, 1.82) is 0 Å². The molecule has 154 valence electrons. The molecule has 1 aliphatic rings. The maximum atomic E-state index is 13.3. The molecular weight excluding hydrogens is 425 g/mol. The third kappa shape index (κ3) is 3.59. The SMILES string of the molecule is NC(=S)Nc1ccc(-c2nc(N)cc(C3(S(=O)(=O)c4ccc(F)cc4)CC3)n2)cc1. The van der Waals surface area contributed by atoms with Crippen molar-refractivity contribution in [3.05, 3.63) is 66.1 Å². The molecular formula is C20H18FN5O2S2. The molecule has 0 bridgehead atoms. The van der Waals surface area contributed by atoms with Crippen LogP contribution in [0.1, 0.15) is 18.5 Å². The number of nitrogens with one attached hydrogen (secondary N) is 1. The molecule has 5 N–H and O–H groups in total. The van der Waals surface area contributed by atoms with Crippen LogP contribution >= 0.6 is 12.2 Å². The third-order valence-corrected chi connectivity index (χ3v) is 7.61. The van der Waals surface area contributed by atoms with E-state index in [4.69, 9.17) is 23.7 Å².